The molecule has 0 radical (unpaired) electrons. The largest absolute Gasteiger partial charge is 0.352 e. The van der Waals surface area contributed by atoms with Crippen LogP contribution in [0.1, 0.15) is 25.0 Å². The maximum Gasteiger partial charge on any atom is 0.244 e. The fourth-order valence-electron chi connectivity index (χ4n) is 3.96. The molecule has 0 aliphatic carbocycles. The van der Waals surface area contributed by atoms with Gasteiger partial charge in [-0.3, -0.25) is 13.9 Å². The number of carbonyl (C=O) groups excluding carboxylic acids is 2. The van der Waals surface area contributed by atoms with Gasteiger partial charge in [-0.2, -0.15) is 0 Å². The lowest BCUT2D eigenvalue weighted by molar-refractivity contribution is -0.140. The molecule has 0 saturated carbocycles. The van der Waals surface area contributed by atoms with Gasteiger partial charge < -0.3 is 10.2 Å². The number of rotatable bonds is 11. The van der Waals surface area contributed by atoms with Gasteiger partial charge in [-0.05, 0) is 43.2 Å². The first-order valence-corrected chi connectivity index (χ1v) is 13.8. The molecule has 37 heavy (non-hydrogen) atoms. The van der Waals surface area contributed by atoms with Crippen LogP contribution in [-0.2, 0) is 32.6 Å². The summed E-state index contributed by atoms with van der Waals surface area (Å²) < 4.78 is 40.1. The number of amides is 2. The van der Waals surface area contributed by atoms with Crippen molar-refractivity contribution in [1.29, 1.82) is 0 Å². The molecule has 1 atom stereocenters. The van der Waals surface area contributed by atoms with Gasteiger partial charge in [-0.25, -0.2) is 12.8 Å². The smallest absolute Gasteiger partial charge is 0.244 e. The van der Waals surface area contributed by atoms with Crippen molar-refractivity contribution in [3.63, 3.8) is 0 Å². The zero-order valence-electron chi connectivity index (χ0n) is 21.2. The summed E-state index contributed by atoms with van der Waals surface area (Å²) in [5.74, 6) is -1.56. The number of benzene rings is 3. The molecule has 0 aromatic heterocycles. The third-order valence-corrected chi connectivity index (χ3v) is 6.81. The van der Waals surface area contributed by atoms with Crippen molar-refractivity contribution in [2.45, 2.75) is 38.9 Å². The summed E-state index contributed by atoms with van der Waals surface area (Å²) in [6.45, 7) is 3.16. The van der Waals surface area contributed by atoms with Gasteiger partial charge >= 0.3 is 0 Å². The lowest BCUT2D eigenvalue weighted by atomic mass is 10.0. The van der Waals surface area contributed by atoms with Gasteiger partial charge in [0.1, 0.15) is 18.4 Å². The van der Waals surface area contributed by atoms with Crippen LogP contribution in [-0.4, -0.2) is 50.0 Å². The van der Waals surface area contributed by atoms with E-state index < -0.39 is 34.3 Å². The Labute approximate surface area is 218 Å². The summed E-state index contributed by atoms with van der Waals surface area (Å²) in [5, 5.41) is 2.89. The summed E-state index contributed by atoms with van der Waals surface area (Å²) in [6.07, 6.45) is 1.19. The molecule has 0 aliphatic heterocycles. The van der Waals surface area contributed by atoms with Gasteiger partial charge in [0.2, 0.25) is 21.8 Å². The van der Waals surface area contributed by atoms with Crippen LogP contribution in [0, 0.1) is 5.82 Å². The molecule has 7 nitrogen and oxygen atoms in total. The molecule has 1 N–H and O–H groups in total. The number of hydrogen-bond donors (Lipinski definition) is 1. The standard InChI is InChI=1S/C28H32FN3O4S/c1-21(2)30-28(34)26(17-22-11-6-4-7-12-22)31(19-23-13-8-5-9-14-23)27(33)20-32(37(3,35)36)25-16-10-15-24(29)18-25/h4-16,18,21,26H,17,19-20H2,1-3H3,(H,30,34). The first kappa shape index (κ1) is 27.9. The van der Waals surface area contributed by atoms with Gasteiger partial charge in [-0.1, -0.05) is 66.7 Å². The quantitative estimate of drug-likeness (QED) is 0.413. The van der Waals surface area contributed by atoms with Crippen molar-refractivity contribution in [1.82, 2.24) is 10.2 Å². The van der Waals surface area contributed by atoms with E-state index in [1.165, 1.54) is 23.1 Å². The van der Waals surface area contributed by atoms with Gasteiger partial charge in [0.25, 0.3) is 0 Å². The number of nitrogens with one attached hydrogen (secondary N) is 1. The molecule has 0 aliphatic rings. The van der Waals surface area contributed by atoms with E-state index in [0.29, 0.717) is 0 Å². The van der Waals surface area contributed by atoms with Crippen molar-refractivity contribution in [2.75, 3.05) is 17.1 Å². The molecule has 196 valence electrons. The van der Waals surface area contributed by atoms with Crippen molar-refractivity contribution < 1.29 is 22.4 Å². The van der Waals surface area contributed by atoms with E-state index >= 15 is 0 Å². The van der Waals surface area contributed by atoms with Crippen LogP contribution in [0.25, 0.3) is 0 Å². The second-order valence-corrected chi connectivity index (χ2v) is 11.0. The number of nitrogens with zero attached hydrogens (tertiary/aromatic N) is 2. The van der Waals surface area contributed by atoms with E-state index in [1.54, 1.807) is 0 Å². The Morgan fingerprint density at radius 1 is 0.892 bits per heavy atom. The predicted molar refractivity (Wildman–Crippen MR) is 143 cm³/mol. The summed E-state index contributed by atoms with van der Waals surface area (Å²) >= 11 is 0. The summed E-state index contributed by atoms with van der Waals surface area (Å²) in [4.78, 5) is 28.6. The van der Waals surface area contributed by atoms with Crippen LogP contribution < -0.4 is 9.62 Å². The minimum absolute atomic E-state index is 0.0294. The van der Waals surface area contributed by atoms with Crippen LogP contribution in [0.4, 0.5) is 10.1 Å². The Kier molecular flexibility index (Phi) is 9.41. The fraction of sp³-hybridized carbons (Fsp3) is 0.286. The van der Waals surface area contributed by atoms with E-state index in [2.05, 4.69) is 5.32 Å². The molecule has 2 amide bonds. The highest BCUT2D eigenvalue weighted by molar-refractivity contribution is 7.92. The fourth-order valence-corrected chi connectivity index (χ4v) is 4.80. The van der Waals surface area contributed by atoms with E-state index in [4.69, 9.17) is 0 Å². The minimum Gasteiger partial charge on any atom is -0.352 e. The zero-order valence-corrected chi connectivity index (χ0v) is 22.0. The molecule has 0 saturated heterocycles. The van der Waals surface area contributed by atoms with Gasteiger partial charge in [0.05, 0.1) is 11.9 Å². The Hall–Kier alpha value is -3.72. The highest BCUT2D eigenvalue weighted by Gasteiger charge is 2.33. The Balaban J connectivity index is 2.03. The molecule has 1 unspecified atom stereocenters. The van der Waals surface area contributed by atoms with Crippen LogP contribution in [0.2, 0.25) is 0 Å². The minimum atomic E-state index is -3.94. The first-order valence-electron chi connectivity index (χ1n) is 12.0. The SMILES string of the molecule is CC(C)NC(=O)C(Cc1ccccc1)N(Cc1ccccc1)C(=O)CN(c1cccc(F)c1)S(C)(=O)=O. The van der Waals surface area contributed by atoms with Crippen LogP contribution in [0.15, 0.2) is 84.9 Å². The number of hydrogen-bond acceptors (Lipinski definition) is 4. The Morgan fingerprint density at radius 2 is 1.49 bits per heavy atom. The average molecular weight is 526 g/mol. The summed E-state index contributed by atoms with van der Waals surface area (Å²) in [7, 11) is -3.94. The number of halogens is 1. The third kappa shape index (κ3) is 8.15. The van der Waals surface area contributed by atoms with Crippen molar-refractivity contribution in [3.8, 4) is 0 Å². The Morgan fingerprint density at radius 3 is 2.03 bits per heavy atom. The molecule has 3 aromatic rings. The third-order valence-electron chi connectivity index (χ3n) is 5.67. The normalized spacial score (nSPS) is 12.1. The molecular formula is C28H32FN3O4S. The number of sulfonamides is 1. The zero-order chi connectivity index (χ0) is 27.0. The molecule has 3 rings (SSSR count). The second-order valence-electron chi connectivity index (χ2n) is 9.13. The number of anilines is 1. The van der Waals surface area contributed by atoms with Gasteiger partial charge in [-0.15, -0.1) is 0 Å². The van der Waals surface area contributed by atoms with Crippen LogP contribution >= 0.6 is 0 Å². The molecule has 0 heterocycles. The maximum absolute atomic E-state index is 13.9. The van der Waals surface area contributed by atoms with Gasteiger partial charge in [0, 0.05) is 19.0 Å². The maximum atomic E-state index is 13.9. The molecule has 9 heteroatoms. The van der Waals surface area contributed by atoms with Crippen molar-refractivity contribution in [2.24, 2.45) is 0 Å². The molecule has 0 fully saturated rings. The predicted octanol–water partition coefficient (Wildman–Crippen LogP) is 3.76. The lowest BCUT2D eigenvalue weighted by Crippen LogP contribution is -2.54. The monoisotopic (exact) mass is 525 g/mol. The second kappa shape index (κ2) is 12.5. The lowest BCUT2D eigenvalue weighted by Gasteiger charge is -2.34. The van der Waals surface area contributed by atoms with Crippen LogP contribution in [0.5, 0.6) is 0 Å². The van der Waals surface area contributed by atoms with Gasteiger partial charge in [0.15, 0.2) is 0 Å². The average Bonchev–Trinajstić information content (AvgIpc) is 2.84. The molecular weight excluding hydrogens is 493 g/mol. The van der Waals surface area contributed by atoms with E-state index in [-0.39, 0.29) is 30.6 Å². The molecule has 3 aromatic carbocycles. The highest BCUT2D eigenvalue weighted by Crippen LogP contribution is 2.21. The molecule has 0 bridgehead atoms. The van der Waals surface area contributed by atoms with E-state index in [9.17, 15) is 22.4 Å². The summed E-state index contributed by atoms with van der Waals surface area (Å²) in [5.41, 5.74) is 1.66. The number of carbonyl (C=O) groups is 2. The first-order chi connectivity index (χ1) is 17.5. The van der Waals surface area contributed by atoms with E-state index in [1.807, 2.05) is 74.5 Å². The summed E-state index contributed by atoms with van der Waals surface area (Å²) in [6, 6.07) is 22.5. The topological polar surface area (TPSA) is 86.8 Å². The molecule has 0 spiro atoms. The highest BCUT2D eigenvalue weighted by atomic mass is 32.2. The van der Waals surface area contributed by atoms with Crippen LogP contribution in [0.3, 0.4) is 0 Å². The van der Waals surface area contributed by atoms with Crippen molar-refractivity contribution >= 4 is 27.5 Å². The van der Waals surface area contributed by atoms with Crippen molar-refractivity contribution in [3.05, 3.63) is 102 Å². The van der Waals surface area contributed by atoms with E-state index in [0.717, 1.165) is 27.8 Å². The Bertz CT molecular complexity index is 1300.